The molecular weight excluding hydrogens is 725 g/mol. The van der Waals surface area contributed by atoms with Crippen LogP contribution in [-0.4, -0.2) is 84.9 Å². The van der Waals surface area contributed by atoms with Crippen LogP contribution in [0.5, 0.6) is 0 Å². The highest BCUT2D eigenvalue weighted by Crippen LogP contribution is 2.34. The largest absolute Gasteiger partial charge is 0.478 e. The Morgan fingerprint density at radius 3 is 2.16 bits per heavy atom. The normalized spacial score (nSPS) is 16.3. The highest BCUT2D eigenvalue weighted by molar-refractivity contribution is 6.25. The molecule has 296 valence electrons. The molecule has 0 saturated carbocycles. The zero-order valence-electron chi connectivity index (χ0n) is 31.7. The van der Waals surface area contributed by atoms with Crippen molar-refractivity contribution in [1.29, 1.82) is 0 Å². The molecule has 3 aromatic rings. The minimum absolute atomic E-state index is 0.00524. The molecular formula is C41H46FN5O9. The van der Waals surface area contributed by atoms with Gasteiger partial charge in [0.1, 0.15) is 24.6 Å². The number of Topliss-reactive ketones (excluding diaryl/α,β-unsaturated/α-hetero) is 2. The molecule has 1 aliphatic carbocycles. The summed E-state index contributed by atoms with van der Waals surface area (Å²) in [6.07, 6.45) is -0.0384. The van der Waals surface area contributed by atoms with Crippen molar-refractivity contribution in [2.45, 2.75) is 52.5 Å². The summed E-state index contributed by atoms with van der Waals surface area (Å²) >= 11 is 0. The number of fused-ring (bicyclic) bond motifs is 1. The Hall–Kier alpha value is -6.09. The molecule has 5 rings (SSSR count). The third-order valence-corrected chi connectivity index (χ3v) is 9.73. The molecule has 4 N–H and O–H groups in total. The van der Waals surface area contributed by atoms with E-state index in [1.165, 1.54) is 11.0 Å². The van der Waals surface area contributed by atoms with Crippen LogP contribution >= 0.6 is 0 Å². The Morgan fingerprint density at radius 2 is 1.54 bits per heavy atom. The van der Waals surface area contributed by atoms with Gasteiger partial charge in [0.2, 0.25) is 11.7 Å². The van der Waals surface area contributed by atoms with E-state index in [2.05, 4.69) is 16.0 Å². The number of nitrogens with one attached hydrogen (secondary N) is 3. The number of aliphatic carboxylic acids is 1. The first-order valence-electron chi connectivity index (χ1n) is 18.3. The first-order valence-corrected chi connectivity index (χ1v) is 18.3. The summed E-state index contributed by atoms with van der Waals surface area (Å²) in [4.78, 5) is 78.9. The summed E-state index contributed by atoms with van der Waals surface area (Å²) in [7, 11) is 1.62. The topological polar surface area (TPSA) is 184 Å². The lowest BCUT2D eigenvalue weighted by atomic mass is 9.86. The fourth-order valence-corrected chi connectivity index (χ4v) is 6.51. The van der Waals surface area contributed by atoms with Crippen LogP contribution in [-0.2, 0) is 37.1 Å². The van der Waals surface area contributed by atoms with Crippen LogP contribution in [0.1, 0.15) is 60.3 Å². The van der Waals surface area contributed by atoms with Gasteiger partial charge in [-0.2, -0.15) is 0 Å². The fraction of sp³-hybridized carbons (Fsp3) is 0.366. The number of anilines is 2. The summed E-state index contributed by atoms with van der Waals surface area (Å²) in [6.45, 7) is 6.38. The smallest absolute Gasteiger partial charge is 0.410 e. The predicted octanol–water partition coefficient (Wildman–Crippen LogP) is 5.24. The van der Waals surface area contributed by atoms with Crippen LogP contribution in [0.25, 0.3) is 0 Å². The van der Waals surface area contributed by atoms with Crippen molar-refractivity contribution in [3.8, 4) is 0 Å². The van der Waals surface area contributed by atoms with E-state index in [4.69, 9.17) is 9.47 Å². The molecule has 56 heavy (non-hydrogen) atoms. The van der Waals surface area contributed by atoms with Crippen molar-refractivity contribution in [2.75, 3.05) is 43.4 Å². The number of piperazine rings is 1. The third-order valence-electron chi connectivity index (χ3n) is 9.73. The molecule has 0 spiro atoms. The first kappa shape index (κ1) is 41.1. The maximum Gasteiger partial charge on any atom is 0.410 e. The zero-order valence-corrected chi connectivity index (χ0v) is 31.7. The van der Waals surface area contributed by atoms with Crippen LogP contribution in [0.3, 0.4) is 0 Å². The van der Waals surface area contributed by atoms with Gasteiger partial charge < -0.3 is 40.3 Å². The molecule has 2 aliphatic rings. The van der Waals surface area contributed by atoms with Crippen LogP contribution in [0.4, 0.5) is 25.4 Å². The number of carboxylic acid groups (broad SMARTS) is 1. The van der Waals surface area contributed by atoms with Gasteiger partial charge in [-0.3, -0.25) is 14.4 Å². The number of carbonyl (C=O) groups is 6. The molecule has 1 unspecified atom stereocenters. The van der Waals surface area contributed by atoms with Crippen molar-refractivity contribution in [3.63, 3.8) is 0 Å². The van der Waals surface area contributed by atoms with Crippen molar-refractivity contribution >= 4 is 47.0 Å². The van der Waals surface area contributed by atoms with E-state index in [1.807, 2.05) is 30.3 Å². The van der Waals surface area contributed by atoms with Crippen LogP contribution in [0, 0.1) is 17.7 Å². The maximum atomic E-state index is 15.3. The molecule has 3 amide bonds. The van der Waals surface area contributed by atoms with Gasteiger partial charge in [0.15, 0.2) is 5.78 Å². The summed E-state index contributed by atoms with van der Waals surface area (Å²) in [5.74, 6) is -4.37. The summed E-state index contributed by atoms with van der Waals surface area (Å²) in [5.41, 5.74) is 2.27. The quantitative estimate of drug-likeness (QED) is 0.157. The zero-order chi connectivity index (χ0) is 40.5. The van der Waals surface area contributed by atoms with E-state index >= 15 is 4.39 Å². The van der Waals surface area contributed by atoms with Gasteiger partial charge in [-0.05, 0) is 60.0 Å². The molecule has 3 aromatic carbocycles. The number of carboxylic acids is 1. The number of benzene rings is 3. The summed E-state index contributed by atoms with van der Waals surface area (Å²) in [6, 6.07) is 17.1. The van der Waals surface area contributed by atoms with E-state index in [1.54, 1.807) is 63.1 Å². The SMILES string of the molecule is CNC1C=C(C(=O)O)C(=O)c2cc(F)c(N3CCN(C(=O)OCc4ccc(NC(=O)[C@H](C)CC(=O)[C@@H](NC(=O)OCc5ccccc5)C(C)C)cc4)CC3)cc21. The molecule has 14 nitrogen and oxygen atoms in total. The Labute approximate surface area is 324 Å². The number of hydrogen-bond donors (Lipinski definition) is 4. The number of nitrogens with zero attached hydrogens (tertiary/aromatic N) is 2. The monoisotopic (exact) mass is 771 g/mol. The molecule has 0 aromatic heterocycles. The van der Waals surface area contributed by atoms with Crippen LogP contribution < -0.4 is 20.9 Å². The second-order valence-electron chi connectivity index (χ2n) is 14.1. The summed E-state index contributed by atoms with van der Waals surface area (Å²) < 4.78 is 26.0. The minimum atomic E-state index is -1.38. The number of likely N-dealkylation sites (N-methyl/N-ethyl adjacent to an activating group) is 1. The second-order valence-corrected chi connectivity index (χ2v) is 14.1. The van der Waals surface area contributed by atoms with Gasteiger partial charge in [-0.15, -0.1) is 0 Å². The van der Waals surface area contributed by atoms with E-state index in [-0.39, 0.29) is 61.6 Å². The van der Waals surface area contributed by atoms with Gasteiger partial charge in [-0.1, -0.05) is 63.2 Å². The van der Waals surface area contributed by atoms with Gasteiger partial charge in [0.05, 0.1) is 17.8 Å². The predicted molar refractivity (Wildman–Crippen MR) is 204 cm³/mol. The average Bonchev–Trinajstić information content (AvgIpc) is 3.19. The van der Waals surface area contributed by atoms with Crippen molar-refractivity contribution in [3.05, 3.63) is 106 Å². The Morgan fingerprint density at radius 1 is 0.893 bits per heavy atom. The number of carbonyl (C=O) groups excluding carboxylic acids is 5. The van der Waals surface area contributed by atoms with Crippen molar-refractivity contribution in [2.24, 2.45) is 11.8 Å². The van der Waals surface area contributed by atoms with Gasteiger partial charge in [0.25, 0.3) is 0 Å². The molecule has 15 heteroatoms. The molecule has 1 heterocycles. The number of halogens is 1. The standard InChI is InChI=1S/C41H46FN5O9/c1-24(2)36(45-40(53)55-22-26-8-6-5-7-9-26)35(48)18-25(3)38(50)44-28-12-10-27(11-13-28)23-56-41(54)47-16-14-46(15-17-47)34-21-29-30(19-32(34)42)37(49)31(39(51)52)20-33(29)43-4/h5-13,19-21,24-25,33,36,43H,14-18,22-23H2,1-4H3,(H,44,50)(H,45,53)(H,51,52)/t25-,33?,36+/m1/s1. The Bertz CT molecular complexity index is 1980. The molecule has 0 bridgehead atoms. The Balaban J connectivity index is 1.06. The van der Waals surface area contributed by atoms with E-state index in [0.29, 0.717) is 29.9 Å². The van der Waals surface area contributed by atoms with Gasteiger partial charge in [0, 0.05) is 49.8 Å². The highest BCUT2D eigenvalue weighted by atomic mass is 19.1. The van der Waals surface area contributed by atoms with E-state index in [0.717, 1.165) is 11.6 Å². The molecule has 1 saturated heterocycles. The van der Waals surface area contributed by atoms with Gasteiger partial charge >= 0.3 is 18.2 Å². The number of rotatable bonds is 14. The highest BCUT2D eigenvalue weighted by Gasteiger charge is 2.33. The molecule has 1 aliphatic heterocycles. The number of amides is 3. The van der Waals surface area contributed by atoms with E-state index in [9.17, 15) is 33.9 Å². The second kappa shape index (κ2) is 18.5. The lowest BCUT2D eigenvalue weighted by Crippen LogP contribution is -2.49. The molecule has 1 fully saturated rings. The number of ketones is 2. The van der Waals surface area contributed by atoms with Crippen molar-refractivity contribution in [1.82, 2.24) is 15.5 Å². The number of ether oxygens (including phenoxy) is 2. The summed E-state index contributed by atoms with van der Waals surface area (Å²) in [5, 5.41) is 17.8. The van der Waals surface area contributed by atoms with Crippen LogP contribution in [0.15, 0.2) is 78.4 Å². The van der Waals surface area contributed by atoms with Gasteiger partial charge in [-0.25, -0.2) is 18.8 Å². The number of alkyl carbamates (subject to hydrolysis) is 1. The van der Waals surface area contributed by atoms with Crippen LogP contribution in [0.2, 0.25) is 0 Å². The van der Waals surface area contributed by atoms with E-state index < -0.39 is 53.3 Å². The lowest BCUT2D eigenvalue weighted by molar-refractivity contribution is -0.132. The fourth-order valence-electron chi connectivity index (χ4n) is 6.51. The average molecular weight is 772 g/mol. The number of hydrogen-bond acceptors (Lipinski definition) is 10. The third kappa shape index (κ3) is 10.2. The first-order chi connectivity index (χ1) is 26.7. The lowest BCUT2D eigenvalue weighted by Gasteiger charge is -2.36. The van der Waals surface area contributed by atoms with Crippen molar-refractivity contribution < 1.29 is 47.7 Å². The molecule has 3 atom stereocenters. The minimum Gasteiger partial charge on any atom is -0.478 e. The maximum absolute atomic E-state index is 15.3. The Kier molecular flexibility index (Phi) is 13.6. The molecule has 0 radical (unpaired) electrons.